The van der Waals surface area contributed by atoms with Crippen LogP contribution in [0.5, 0.6) is 5.75 Å². The summed E-state index contributed by atoms with van der Waals surface area (Å²) in [5.74, 6) is 0.125. The van der Waals surface area contributed by atoms with E-state index in [9.17, 15) is 4.79 Å². The van der Waals surface area contributed by atoms with Crippen LogP contribution >= 0.6 is 0 Å². The molecule has 0 spiro atoms. The number of hydrogen-bond donors (Lipinski definition) is 1. The minimum atomic E-state index is -0.562. The van der Waals surface area contributed by atoms with Gasteiger partial charge < -0.3 is 15.2 Å². The third kappa shape index (κ3) is 2.94. The Bertz CT molecular complexity index is 750. The summed E-state index contributed by atoms with van der Waals surface area (Å²) >= 11 is 0. The molecule has 2 N–H and O–H groups in total. The first-order valence-electron chi connectivity index (χ1n) is 6.32. The molecule has 0 unspecified atom stereocenters. The van der Waals surface area contributed by atoms with E-state index in [0.29, 0.717) is 17.0 Å². The quantitative estimate of drug-likeness (QED) is 0.305. The Labute approximate surface area is 126 Å². The van der Waals surface area contributed by atoms with Crippen LogP contribution in [0.25, 0.3) is 21.6 Å². The second kappa shape index (κ2) is 6.51. The third-order valence-electron chi connectivity index (χ3n) is 3.10. The number of esters is 1. The van der Waals surface area contributed by atoms with E-state index in [1.165, 1.54) is 19.2 Å². The molecule has 0 saturated carbocycles. The molecule has 0 radical (unpaired) electrons. The predicted octanol–water partition coefficient (Wildman–Crippen LogP) is 3.67. The topological polar surface area (TPSA) is 110 Å². The van der Waals surface area contributed by atoms with Crippen LogP contribution in [0.3, 0.4) is 0 Å². The highest BCUT2D eigenvalue weighted by Gasteiger charge is 2.17. The van der Waals surface area contributed by atoms with Gasteiger partial charge in [-0.1, -0.05) is 17.2 Å². The molecule has 0 aromatic heterocycles. The predicted molar refractivity (Wildman–Crippen MR) is 83.0 cm³/mol. The molecule has 0 aliphatic heterocycles. The van der Waals surface area contributed by atoms with Crippen LogP contribution in [0.4, 0.5) is 11.4 Å². The SMILES string of the molecule is COC(=O)c1cc(N=[N+]=[N-])cc(N)c1-c1ccc(OC)cc1. The lowest BCUT2D eigenvalue weighted by molar-refractivity contribution is 0.0601. The average molecular weight is 298 g/mol. The molecular weight excluding hydrogens is 284 g/mol. The molecule has 2 aromatic carbocycles. The number of nitrogen functional groups attached to an aromatic ring is 1. The standard InChI is InChI=1S/C15H14N4O3/c1-21-11-5-3-9(4-6-11)14-12(15(20)22-2)7-10(18-19-17)8-13(14)16/h3-8H,16H2,1-2H3. The van der Waals surface area contributed by atoms with Crippen molar-refractivity contribution in [3.05, 3.63) is 52.4 Å². The van der Waals surface area contributed by atoms with Gasteiger partial charge in [-0.05, 0) is 35.4 Å². The Morgan fingerprint density at radius 1 is 1.23 bits per heavy atom. The van der Waals surface area contributed by atoms with Gasteiger partial charge in [0.1, 0.15) is 5.75 Å². The number of ether oxygens (including phenoxy) is 2. The van der Waals surface area contributed by atoms with E-state index >= 15 is 0 Å². The molecule has 0 fully saturated rings. The Morgan fingerprint density at radius 2 is 1.91 bits per heavy atom. The lowest BCUT2D eigenvalue weighted by Gasteiger charge is -2.13. The van der Waals surface area contributed by atoms with E-state index < -0.39 is 5.97 Å². The van der Waals surface area contributed by atoms with Gasteiger partial charge in [-0.2, -0.15) is 0 Å². The summed E-state index contributed by atoms with van der Waals surface area (Å²) in [7, 11) is 2.84. The molecule has 112 valence electrons. The van der Waals surface area contributed by atoms with Crippen LogP contribution in [-0.2, 0) is 4.74 Å². The first kappa shape index (κ1) is 15.2. The zero-order valence-corrected chi connectivity index (χ0v) is 12.1. The molecule has 0 bridgehead atoms. The molecule has 0 aliphatic rings. The second-order valence-corrected chi connectivity index (χ2v) is 4.37. The average Bonchev–Trinajstić information content (AvgIpc) is 2.54. The maximum atomic E-state index is 12.0. The molecule has 0 atom stereocenters. The van der Waals surface area contributed by atoms with E-state index in [1.54, 1.807) is 31.4 Å². The summed E-state index contributed by atoms with van der Waals surface area (Å²) in [4.78, 5) is 14.7. The molecule has 2 rings (SSSR count). The summed E-state index contributed by atoms with van der Waals surface area (Å²) in [6.45, 7) is 0. The van der Waals surface area contributed by atoms with E-state index in [4.69, 9.17) is 20.7 Å². The number of azide groups is 1. The van der Waals surface area contributed by atoms with E-state index in [1.807, 2.05) is 0 Å². The van der Waals surface area contributed by atoms with Gasteiger partial charge in [0.2, 0.25) is 0 Å². The van der Waals surface area contributed by atoms with Crippen molar-refractivity contribution in [2.45, 2.75) is 0 Å². The summed E-state index contributed by atoms with van der Waals surface area (Å²) in [6, 6.07) is 10.0. The molecule has 22 heavy (non-hydrogen) atoms. The largest absolute Gasteiger partial charge is 0.497 e. The van der Waals surface area contributed by atoms with Crippen molar-refractivity contribution in [3.8, 4) is 16.9 Å². The second-order valence-electron chi connectivity index (χ2n) is 4.37. The summed E-state index contributed by atoms with van der Waals surface area (Å²) in [6.07, 6.45) is 0. The molecule has 2 aromatic rings. The van der Waals surface area contributed by atoms with Crippen LogP contribution in [-0.4, -0.2) is 20.2 Å². The van der Waals surface area contributed by atoms with Gasteiger partial charge in [-0.25, -0.2) is 4.79 Å². The van der Waals surface area contributed by atoms with Crippen molar-refractivity contribution in [1.29, 1.82) is 0 Å². The van der Waals surface area contributed by atoms with Crippen LogP contribution in [0, 0.1) is 0 Å². The van der Waals surface area contributed by atoms with Gasteiger partial charge in [0, 0.05) is 21.8 Å². The highest BCUT2D eigenvalue weighted by Crippen LogP contribution is 2.35. The fourth-order valence-electron chi connectivity index (χ4n) is 2.11. The number of hydrogen-bond acceptors (Lipinski definition) is 5. The number of nitrogens with zero attached hydrogens (tertiary/aromatic N) is 3. The summed E-state index contributed by atoms with van der Waals surface area (Å²) in [5.41, 5.74) is 16.6. The number of anilines is 1. The Balaban J connectivity index is 2.66. The third-order valence-corrected chi connectivity index (χ3v) is 3.10. The van der Waals surface area contributed by atoms with E-state index in [2.05, 4.69) is 10.0 Å². The van der Waals surface area contributed by atoms with Gasteiger partial charge in [0.25, 0.3) is 0 Å². The van der Waals surface area contributed by atoms with Crippen molar-refractivity contribution in [2.24, 2.45) is 5.11 Å². The van der Waals surface area contributed by atoms with Crippen LogP contribution < -0.4 is 10.5 Å². The smallest absolute Gasteiger partial charge is 0.338 e. The lowest BCUT2D eigenvalue weighted by Crippen LogP contribution is -2.06. The van der Waals surface area contributed by atoms with Crippen molar-refractivity contribution < 1.29 is 14.3 Å². The fraction of sp³-hybridized carbons (Fsp3) is 0.133. The zero-order valence-electron chi connectivity index (χ0n) is 12.1. The Morgan fingerprint density at radius 3 is 2.45 bits per heavy atom. The number of methoxy groups -OCH3 is 2. The van der Waals surface area contributed by atoms with Gasteiger partial charge >= 0.3 is 5.97 Å². The van der Waals surface area contributed by atoms with E-state index in [0.717, 1.165) is 5.56 Å². The number of benzene rings is 2. The van der Waals surface area contributed by atoms with E-state index in [-0.39, 0.29) is 11.3 Å². The van der Waals surface area contributed by atoms with Gasteiger partial charge in [0.15, 0.2) is 0 Å². The van der Waals surface area contributed by atoms with Crippen molar-refractivity contribution >= 4 is 17.3 Å². The molecule has 0 amide bonds. The first-order valence-corrected chi connectivity index (χ1v) is 6.32. The van der Waals surface area contributed by atoms with Crippen molar-refractivity contribution in [3.63, 3.8) is 0 Å². The van der Waals surface area contributed by atoms with Crippen LogP contribution in [0.1, 0.15) is 10.4 Å². The zero-order chi connectivity index (χ0) is 16.1. The van der Waals surface area contributed by atoms with Gasteiger partial charge in [-0.15, -0.1) is 0 Å². The summed E-state index contributed by atoms with van der Waals surface area (Å²) < 4.78 is 9.88. The minimum absolute atomic E-state index is 0.232. The normalized spacial score (nSPS) is 9.73. The van der Waals surface area contributed by atoms with Gasteiger partial charge in [-0.3, -0.25) is 0 Å². The number of carbonyl (C=O) groups excluding carboxylic acids is 1. The van der Waals surface area contributed by atoms with Crippen LogP contribution in [0.15, 0.2) is 41.5 Å². The van der Waals surface area contributed by atoms with Gasteiger partial charge in [0.05, 0.1) is 19.8 Å². The number of rotatable bonds is 4. The van der Waals surface area contributed by atoms with Crippen molar-refractivity contribution in [2.75, 3.05) is 20.0 Å². The van der Waals surface area contributed by atoms with Crippen molar-refractivity contribution in [1.82, 2.24) is 0 Å². The number of carbonyl (C=O) groups is 1. The molecule has 7 nitrogen and oxygen atoms in total. The van der Waals surface area contributed by atoms with Crippen LogP contribution in [0.2, 0.25) is 0 Å². The Kier molecular flexibility index (Phi) is 4.50. The highest BCUT2D eigenvalue weighted by atomic mass is 16.5. The fourth-order valence-corrected chi connectivity index (χ4v) is 2.11. The monoisotopic (exact) mass is 298 g/mol. The molecule has 7 heteroatoms. The maximum absolute atomic E-state index is 12.0. The maximum Gasteiger partial charge on any atom is 0.338 e. The minimum Gasteiger partial charge on any atom is -0.497 e. The molecule has 0 aliphatic carbocycles. The highest BCUT2D eigenvalue weighted by molar-refractivity contribution is 6.02. The number of nitrogens with two attached hydrogens (primary N) is 1. The molecular formula is C15H14N4O3. The molecule has 0 saturated heterocycles. The lowest BCUT2D eigenvalue weighted by atomic mass is 9.97. The summed E-state index contributed by atoms with van der Waals surface area (Å²) in [5, 5.41) is 3.48. The first-order chi connectivity index (χ1) is 10.6. The molecule has 0 heterocycles. The Hall–Kier alpha value is -3.18.